The highest BCUT2D eigenvalue weighted by Crippen LogP contribution is 2.65. The number of rotatable bonds is 16. The quantitative estimate of drug-likeness (QED) is 0.105. The van der Waals surface area contributed by atoms with Crippen molar-refractivity contribution in [3.05, 3.63) is 45.5 Å². The fourth-order valence-corrected chi connectivity index (χ4v) is 8.60. The summed E-state index contributed by atoms with van der Waals surface area (Å²) in [6, 6.07) is -3.44. The molecule has 59 heavy (non-hydrogen) atoms. The third kappa shape index (κ3) is 11.1. The maximum Gasteiger partial charge on any atom is 0.336 e. The van der Waals surface area contributed by atoms with Crippen LogP contribution in [0.1, 0.15) is 107 Å². The molecule has 3 aliphatic rings. The number of carboxylic acid groups (broad SMARTS) is 1. The van der Waals surface area contributed by atoms with Crippen molar-refractivity contribution in [1.29, 1.82) is 0 Å². The van der Waals surface area contributed by atoms with Crippen LogP contribution in [0.15, 0.2) is 24.3 Å². The zero-order valence-electron chi connectivity index (χ0n) is 34.5. The summed E-state index contributed by atoms with van der Waals surface area (Å²) in [6.07, 6.45) is 6.66. The molecule has 16 nitrogen and oxygen atoms in total. The second kappa shape index (κ2) is 19.1. The Morgan fingerprint density at radius 3 is 2.12 bits per heavy atom. The van der Waals surface area contributed by atoms with Crippen molar-refractivity contribution in [3.63, 3.8) is 0 Å². The van der Waals surface area contributed by atoms with E-state index in [0.29, 0.717) is 12.8 Å². The van der Waals surface area contributed by atoms with Crippen molar-refractivity contribution in [3.8, 4) is 0 Å². The Balaban J connectivity index is 1.63. The van der Waals surface area contributed by atoms with Gasteiger partial charge in [-0.05, 0) is 73.3 Å². The molecule has 18 heteroatoms. The van der Waals surface area contributed by atoms with Crippen molar-refractivity contribution in [1.82, 2.24) is 26.2 Å². The molecule has 7 N–H and O–H groups in total. The third-order valence-corrected chi connectivity index (χ3v) is 12.6. The number of fused-ring (bicyclic) bond motifs is 1. The number of carboxylic acids is 1. The standard InChI is InChI=1S/C41H56Cl2N6O10/c1-20(33(44)51)45-36(54)30(21-13-9-8-10-14-21)47-37(55)31-29-24(41(29,5)6)19-49(31)38(56)32(40(2,3)4)48-35(53)27(15-11-12-16-28(50)59-7)46-34(52)22-17-25(42)26(43)18-23(22)39(57)58/h12,16-18,20-21,24,27,29-32H,8-11,13-15,19H2,1-7H3,(H2,44,51)(H,45,54)(H,46,52)(H,47,55)(H,48,53)(H,57,58)/b16-12+/t20-,24-,27-,29+,30-,31-,32+/m0/s1. The van der Waals surface area contributed by atoms with E-state index in [-0.39, 0.29) is 58.2 Å². The minimum atomic E-state index is -1.47. The Morgan fingerprint density at radius 2 is 1.56 bits per heavy atom. The second-order valence-corrected chi connectivity index (χ2v) is 18.2. The molecule has 1 aliphatic heterocycles. The molecule has 0 radical (unpaired) electrons. The van der Waals surface area contributed by atoms with Crippen molar-refractivity contribution in [2.75, 3.05) is 13.7 Å². The molecule has 6 amide bonds. The van der Waals surface area contributed by atoms with Gasteiger partial charge in [0.1, 0.15) is 30.2 Å². The van der Waals surface area contributed by atoms with Crippen molar-refractivity contribution in [2.24, 2.45) is 34.3 Å². The van der Waals surface area contributed by atoms with Gasteiger partial charge in [-0.15, -0.1) is 0 Å². The number of hydrogen-bond donors (Lipinski definition) is 6. The Morgan fingerprint density at radius 1 is 0.949 bits per heavy atom. The average Bonchev–Trinajstić information content (AvgIpc) is 3.46. The molecule has 0 bridgehead atoms. The van der Waals surface area contributed by atoms with Crippen LogP contribution in [0.5, 0.6) is 0 Å². The Labute approximate surface area is 354 Å². The molecular weight excluding hydrogens is 807 g/mol. The van der Waals surface area contributed by atoms with Gasteiger partial charge in [-0.2, -0.15) is 0 Å². The second-order valence-electron chi connectivity index (χ2n) is 17.4. The summed E-state index contributed by atoms with van der Waals surface area (Å²) in [5.41, 5.74) is 3.36. The summed E-state index contributed by atoms with van der Waals surface area (Å²) >= 11 is 12.2. The van der Waals surface area contributed by atoms with Crippen LogP contribution >= 0.6 is 23.2 Å². The molecule has 0 aromatic heterocycles. The number of aromatic carboxylic acids is 1. The van der Waals surface area contributed by atoms with Gasteiger partial charge in [0.2, 0.25) is 29.5 Å². The van der Waals surface area contributed by atoms with Gasteiger partial charge in [0, 0.05) is 12.6 Å². The fraction of sp³-hybridized carbons (Fsp3) is 0.610. The maximum atomic E-state index is 14.7. The minimum absolute atomic E-state index is 0.0429. The number of esters is 1. The Hall–Kier alpha value is -4.70. The minimum Gasteiger partial charge on any atom is -0.478 e. The first-order valence-electron chi connectivity index (χ1n) is 19.8. The van der Waals surface area contributed by atoms with E-state index in [1.807, 2.05) is 13.8 Å². The smallest absolute Gasteiger partial charge is 0.336 e. The predicted molar refractivity (Wildman–Crippen MR) is 218 cm³/mol. The first kappa shape index (κ1) is 47.0. The maximum absolute atomic E-state index is 14.7. The molecule has 1 aromatic rings. The number of ether oxygens (including phenoxy) is 1. The number of allylic oxidation sites excluding steroid dienone is 1. The van der Waals surface area contributed by atoms with E-state index in [9.17, 15) is 43.5 Å². The summed E-state index contributed by atoms with van der Waals surface area (Å²) in [4.78, 5) is 108. The molecule has 2 saturated carbocycles. The number of nitrogens with two attached hydrogens (primary N) is 1. The number of primary amides is 1. The lowest BCUT2D eigenvalue weighted by Crippen LogP contribution is -2.63. The number of piperidine rings is 1. The van der Waals surface area contributed by atoms with Crippen LogP contribution in [0.2, 0.25) is 10.0 Å². The number of methoxy groups -OCH3 is 1. The molecular formula is C41H56Cl2N6O10. The number of carbonyl (C=O) groups is 8. The van der Waals surface area contributed by atoms with E-state index in [2.05, 4.69) is 26.0 Å². The van der Waals surface area contributed by atoms with Gasteiger partial charge >= 0.3 is 11.9 Å². The van der Waals surface area contributed by atoms with E-state index in [1.54, 1.807) is 20.8 Å². The van der Waals surface area contributed by atoms with Crippen LogP contribution in [0.3, 0.4) is 0 Å². The highest BCUT2D eigenvalue weighted by atomic mass is 35.5. The van der Waals surface area contributed by atoms with Crippen LogP contribution in [0, 0.1) is 28.6 Å². The highest BCUT2D eigenvalue weighted by molar-refractivity contribution is 6.42. The number of nitrogens with zero attached hydrogens (tertiary/aromatic N) is 1. The van der Waals surface area contributed by atoms with Crippen LogP contribution in [0.4, 0.5) is 0 Å². The average molecular weight is 864 g/mol. The van der Waals surface area contributed by atoms with Gasteiger partial charge < -0.3 is 41.7 Å². The van der Waals surface area contributed by atoms with Crippen molar-refractivity contribution >= 4 is 70.6 Å². The first-order valence-corrected chi connectivity index (χ1v) is 20.5. The summed E-state index contributed by atoms with van der Waals surface area (Å²) in [5, 5.41) is 20.5. The largest absolute Gasteiger partial charge is 0.478 e. The number of carbonyl (C=O) groups excluding carboxylic acids is 7. The molecule has 1 heterocycles. The molecule has 2 aliphatic carbocycles. The van der Waals surface area contributed by atoms with Crippen LogP contribution < -0.4 is 27.0 Å². The van der Waals surface area contributed by atoms with Gasteiger partial charge in [-0.1, -0.05) is 83.2 Å². The molecule has 0 unspecified atom stereocenters. The predicted octanol–water partition coefficient (Wildman–Crippen LogP) is 3.37. The van der Waals surface area contributed by atoms with Crippen LogP contribution in [0.25, 0.3) is 0 Å². The molecule has 1 aromatic carbocycles. The molecule has 3 fully saturated rings. The van der Waals surface area contributed by atoms with E-state index >= 15 is 0 Å². The van der Waals surface area contributed by atoms with Gasteiger partial charge in [-0.25, -0.2) is 9.59 Å². The summed E-state index contributed by atoms with van der Waals surface area (Å²) in [5.74, 6) is -6.69. The number of halogens is 2. The molecule has 4 rings (SSSR count). The van der Waals surface area contributed by atoms with Gasteiger partial charge in [0.05, 0.1) is 28.3 Å². The number of hydrogen-bond acceptors (Lipinski definition) is 9. The Bertz CT molecular complexity index is 1870. The topological polar surface area (TPSA) is 243 Å². The lowest BCUT2D eigenvalue weighted by Gasteiger charge is -2.39. The number of benzene rings is 1. The molecule has 0 spiro atoms. The molecule has 324 valence electrons. The van der Waals surface area contributed by atoms with E-state index in [0.717, 1.165) is 37.5 Å². The summed E-state index contributed by atoms with van der Waals surface area (Å²) < 4.78 is 4.62. The zero-order valence-corrected chi connectivity index (χ0v) is 36.0. The molecule has 1 saturated heterocycles. The lowest BCUT2D eigenvalue weighted by atomic mass is 9.83. The summed E-state index contributed by atoms with van der Waals surface area (Å²) in [6.45, 7) is 10.9. The van der Waals surface area contributed by atoms with E-state index in [1.165, 1.54) is 25.0 Å². The SMILES string of the molecule is COC(=O)/C=C/CC[C@H](NC(=O)c1cc(Cl)c(Cl)cc1C(=O)O)C(=O)N[C@H](C(=O)N1C[C@H]2[C@H]([C@H]1C(=O)N[C@H](C(=O)N[C@@H](C)C(N)=O)C1CCCCC1)C2(C)C)C(C)(C)C. The van der Waals surface area contributed by atoms with E-state index in [4.69, 9.17) is 28.9 Å². The zero-order chi connectivity index (χ0) is 44.1. The lowest BCUT2D eigenvalue weighted by molar-refractivity contribution is -0.146. The molecule has 7 atom stereocenters. The summed E-state index contributed by atoms with van der Waals surface area (Å²) in [7, 11) is 1.20. The van der Waals surface area contributed by atoms with Gasteiger partial charge in [0.25, 0.3) is 5.91 Å². The number of likely N-dealkylation sites (tertiary alicyclic amines) is 1. The van der Waals surface area contributed by atoms with Crippen LogP contribution in [-0.2, 0) is 33.5 Å². The van der Waals surface area contributed by atoms with E-state index < -0.39 is 88.6 Å². The van der Waals surface area contributed by atoms with Crippen molar-refractivity contribution < 1.29 is 48.2 Å². The first-order chi connectivity index (χ1) is 27.5. The number of amides is 6. The third-order valence-electron chi connectivity index (χ3n) is 11.9. The van der Waals surface area contributed by atoms with Crippen LogP contribution in [-0.4, -0.2) is 101 Å². The van der Waals surface area contributed by atoms with Gasteiger partial charge in [-0.3, -0.25) is 28.8 Å². The Kier molecular flexibility index (Phi) is 15.2. The van der Waals surface area contributed by atoms with Crippen molar-refractivity contribution in [2.45, 2.75) is 117 Å². The highest BCUT2D eigenvalue weighted by Gasteiger charge is 2.70. The normalized spacial score (nSPS) is 21.9. The monoisotopic (exact) mass is 862 g/mol. The van der Waals surface area contributed by atoms with Gasteiger partial charge in [0.15, 0.2) is 0 Å². The number of nitrogens with one attached hydrogen (secondary N) is 4. The fourth-order valence-electron chi connectivity index (χ4n) is 8.28.